The summed E-state index contributed by atoms with van der Waals surface area (Å²) in [7, 11) is 0. The molecular weight excluding hydrogens is 328 g/mol. The van der Waals surface area contributed by atoms with Crippen molar-refractivity contribution < 1.29 is 33.5 Å². The minimum atomic E-state index is -0.816. The normalized spacial score (nSPS) is 47.8. The molecular formula is C18H22O7. The third-order valence-corrected chi connectivity index (χ3v) is 5.07. The van der Waals surface area contributed by atoms with Crippen LogP contribution in [-0.4, -0.2) is 60.6 Å². The Bertz CT molecular complexity index is 636. The van der Waals surface area contributed by atoms with Gasteiger partial charge in [0.25, 0.3) is 0 Å². The maximum atomic E-state index is 10.5. The maximum absolute atomic E-state index is 10.5. The van der Waals surface area contributed by atoms with Crippen LogP contribution in [0.15, 0.2) is 30.3 Å². The molecule has 0 bridgehead atoms. The van der Waals surface area contributed by atoms with E-state index in [0.717, 1.165) is 5.56 Å². The van der Waals surface area contributed by atoms with Gasteiger partial charge >= 0.3 is 0 Å². The molecule has 7 nitrogen and oxygen atoms in total. The van der Waals surface area contributed by atoms with Gasteiger partial charge in [0.05, 0.1) is 6.61 Å². The number of benzene rings is 1. The highest BCUT2D eigenvalue weighted by molar-refractivity contribution is 5.22. The summed E-state index contributed by atoms with van der Waals surface area (Å²) in [6, 6.07) is 9.99. The average molecular weight is 350 g/mol. The molecule has 136 valence electrons. The third-order valence-electron chi connectivity index (χ3n) is 5.07. The van der Waals surface area contributed by atoms with E-state index in [1.54, 1.807) is 13.8 Å². The van der Waals surface area contributed by atoms with Crippen LogP contribution < -0.4 is 0 Å². The standard InChI is InChI=1S/C18H22O7/c1-18(2)24-14-11(19)13(23-17(14)25-18)10-8-20-16(21-10)15-12(22-15)9-6-4-3-5-7-9/h3-7,10-17,19H,8H2,1-2H3/t10-,11+,12-,13-,14-,15+,16+,17-/m1/s1. The van der Waals surface area contributed by atoms with E-state index in [9.17, 15) is 5.11 Å². The lowest BCUT2D eigenvalue weighted by atomic mass is 10.1. The van der Waals surface area contributed by atoms with Gasteiger partial charge in [-0.25, -0.2) is 0 Å². The summed E-state index contributed by atoms with van der Waals surface area (Å²) in [4.78, 5) is 0. The van der Waals surface area contributed by atoms with Gasteiger partial charge in [0.15, 0.2) is 18.4 Å². The van der Waals surface area contributed by atoms with Crippen LogP contribution in [0, 0.1) is 0 Å². The highest BCUT2D eigenvalue weighted by Gasteiger charge is 2.59. The molecule has 4 fully saturated rings. The van der Waals surface area contributed by atoms with Gasteiger partial charge in [-0.05, 0) is 19.4 Å². The van der Waals surface area contributed by atoms with Crippen LogP contribution in [-0.2, 0) is 28.4 Å². The molecule has 4 aliphatic heterocycles. The van der Waals surface area contributed by atoms with E-state index in [2.05, 4.69) is 0 Å². The van der Waals surface area contributed by atoms with Crippen LogP contribution in [0.3, 0.4) is 0 Å². The lowest BCUT2D eigenvalue weighted by Crippen LogP contribution is -2.42. The van der Waals surface area contributed by atoms with Gasteiger partial charge in [-0.2, -0.15) is 0 Å². The zero-order chi connectivity index (χ0) is 17.2. The molecule has 8 atom stereocenters. The summed E-state index contributed by atoms with van der Waals surface area (Å²) in [5.74, 6) is -0.748. The van der Waals surface area contributed by atoms with Crippen molar-refractivity contribution >= 4 is 0 Å². The molecule has 5 rings (SSSR count). The van der Waals surface area contributed by atoms with Crippen molar-refractivity contribution in [2.45, 2.75) is 68.8 Å². The number of rotatable bonds is 3. The summed E-state index contributed by atoms with van der Waals surface area (Å²) in [5, 5.41) is 10.5. The molecule has 0 saturated carbocycles. The van der Waals surface area contributed by atoms with Crippen LogP contribution in [0.1, 0.15) is 25.5 Å². The van der Waals surface area contributed by atoms with Crippen LogP contribution in [0.5, 0.6) is 0 Å². The molecule has 1 N–H and O–H groups in total. The molecule has 0 spiro atoms. The second-order valence-corrected chi connectivity index (χ2v) is 7.37. The van der Waals surface area contributed by atoms with E-state index in [1.165, 1.54) is 0 Å². The minimum Gasteiger partial charge on any atom is -0.387 e. The fraction of sp³-hybridized carbons (Fsp3) is 0.667. The predicted octanol–water partition coefficient (Wildman–Crippen LogP) is 1.11. The van der Waals surface area contributed by atoms with Crippen molar-refractivity contribution in [1.82, 2.24) is 0 Å². The Morgan fingerprint density at radius 2 is 1.72 bits per heavy atom. The first-order valence-electron chi connectivity index (χ1n) is 8.68. The Labute approximate surface area is 145 Å². The summed E-state index contributed by atoms with van der Waals surface area (Å²) < 4.78 is 34.7. The fourth-order valence-corrected chi connectivity index (χ4v) is 3.85. The van der Waals surface area contributed by atoms with Crippen molar-refractivity contribution in [1.29, 1.82) is 0 Å². The average Bonchev–Trinajstić information content (AvgIpc) is 3.00. The zero-order valence-electron chi connectivity index (χ0n) is 14.1. The van der Waals surface area contributed by atoms with Gasteiger partial charge in [0.2, 0.25) is 0 Å². The van der Waals surface area contributed by atoms with Crippen molar-refractivity contribution in [3.8, 4) is 0 Å². The van der Waals surface area contributed by atoms with Gasteiger partial charge < -0.3 is 33.5 Å². The van der Waals surface area contributed by atoms with Crippen LogP contribution in [0.2, 0.25) is 0 Å². The van der Waals surface area contributed by atoms with Gasteiger partial charge in [-0.1, -0.05) is 30.3 Å². The molecule has 1 aromatic carbocycles. The molecule has 25 heavy (non-hydrogen) atoms. The number of hydrogen-bond donors (Lipinski definition) is 1. The van der Waals surface area contributed by atoms with E-state index >= 15 is 0 Å². The Balaban J connectivity index is 1.20. The van der Waals surface area contributed by atoms with Gasteiger partial charge in [0, 0.05) is 0 Å². The molecule has 1 aromatic rings. The number of aliphatic hydroxyl groups excluding tert-OH is 1. The van der Waals surface area contributed by atoms with E-state index in [-0.39, 0.29) is 18.3 Å². The van der Waals surface area contributed by atoms with Gasteiger partial charge in [0.1, 0.15) is 36.6 Å². The molecule has 4 heterocycles. The van der Waals surface area contributed by atoms with Crippen molar-refractivity contribution in [3.63, 3.8) is 0 Å². The van der Waals surface area contributed by atoms with Gasteiger partial charge in [-0.15, -0.1) is 0 Å². The van der Waals surface area contributed by atoms with E-state index < -0.39 is 36.7 Å². The first kappa shape index (κ1) is 16.1. The Morgan fingerprint density at radius 1 is 0.920 bits per heavy atom. The monoisotopic (exact) mass is 350 g/mol. The molecule has 0 aliphatic carbocycles. The molecule has 7 heteroatoms. The first-order chi connectivity index (χ1) is 12.0. The van der Waals surface area contributed by atoms with E-state index in [1.807, 2.05) is 30.3 Å². The summed E-state index contributed by atoms with van der Waals surface area (Å²) in [5.41, 5.74) is 1.11. The maximum Gasteiger partial charge on any atom is 0.190 e. The highest BCUT2D eigenvalue weighted by Crippen LogP contribution is 2.45. The molecule has 0 aromatic heterocycles. The second-order valence-electron chi connectivity index (χ2n) is 7.37. The number of aliphatic hydroxyl groups is 1. The molecule has 0 unspecified atom stereocenters. The fourth-order valence-electron chi connectivity index (χ4n) is 3.85. The van der Waals surface area contributed by atoms with Crippen LogP contribution >= 0.6 is 0 Å². The Hall–Kier alpha value is -1.06. The zero-order valence-corrected chi connectivity index (χ0v) is 14.1. The minimum absolute atomic E-state index is 0.00813. The largest absolute Gasteiger partial charge is 0.387 e. The smallest absolute Gasteiger partial charge is 0.190 e. The number of epoxide rings is 1. The summed E-state index contributed by atoms with van der Waals surface area (Å²) in [6.07, 6.45) is -3.40. The molecule has 4 saturated heterocycles. The van der Waals surface area contributed by atoms with E-state index in [4.69, 9.17) is 28.4 Å². The predicted molar refractivity (Wildman–Crippen MR) is 83.4 cm³/mol. The van der Waals surface area contributed by atoms with Crippen molar-refractivity contribution in [2.24, 2.45) is 0 Å². The topological polar surface area (TPSA) is 78.9 Å². The first-order valence-corrected chi connectivity index (χ1v) is 8.68. The number of hydrogen-bond acceptors (Lipinski definition) is 7. The van der Waals surface area contributed by atoms with Crippen molar-refractivity contribution in [2.75, 3.05) is 6.61 Å². The molecule has 4 aliphatic rings. The van der Waals surface area contributed by atoms with Crippen LogP contribution in [0.4, 0.5) is 0 Å². The lowest BCUT2D eigenvalue weighted by Gasteiger charge is -2.25. The Morgan fingerprint density at radius 3 is 2.48 bits per heavy atom. The third kappa shape index (κ3) is 2.80. The number of fused-ring (bicyclic) bond motifs is 1. The number of ether oxygens (including phenoxy) is 6. The second kappa shape index (κ2) is 5.72. The highest BCUT2D eigenvalue weighted by atomic mass is 16.8. The van der Waals surface area contributed by atoms with E-state index in [0.29, 0.717) is 6.61 Å². The van der Waals surface area contributed by atoms with Crippen molar-refractivity contribution in [3.05, 3.63) is 35.9 Å². The molecule has 0 amide bonds. The summed E-state index contributed by atoms with van der Waals surface area (Å²) >= 11 is 0. The Kier molecular flexibility index (Phi) is 3.69. The SMILES string of the molecule is CC1(C)O[C@H]2O[C@H]([C@H]3CO[C@H]([C@H]4O[C@@H]4c4ccccc4)O3)[C@H](O)[C@H]2O1. The lowest BCUT2D eigenvalue weighted by molar-refractivity contribution is -0.227. The van der Waals surface area contributed by atoms with Gasteiger partial charge in [-0.3, -0.25) is 0 Å². The van der Waals surface area contributed by atoms with Crippen LogP contribution in [0.25, 0.3) is 0 Å². The summed E-state index contributed by atoms with van der Waals surface area (Å²) in [6.45, 7) is 3.95. The molecule has 0 radical (unpaired) electrons. The quantitative estimate of drug-likeness (QED) is 0.818.